The number of thiophene rings is 1. The third-order valence-corrected chi connectivity index (χ3v) is 6.82. The fraction of sp³-hybridized carbons (Fsp3) is 0.217. The van der Waals surface area contributed by atoms with E-state index >= 15 is 0 Å². The van der Waals surface area contributed by atoms with Gasteiger partial charge in [-0.2, -0.15) is 0 Å². The fourth-order valence-electron chi connectivity index (χ4n) is 3.90. The monoisotopic (exact) mass is 507 g/mol. The van der Waals surface area contributed by atoms with Gasteiger partial charge in [0.15, 0.2) is 0 Å². The summed E-state index contributed by atoms with van der Waals surface area (Å²) in [6.45, 7) is 2.82. The topological polar surface area (TPSA) is 126 Å². The molecule has 36 heavy (non-hydrogen) atoms. The molecule has 0 radical (unpaired) electrons. The van der Waals surface area contributed by atoms with Crippen LogP contribution < -0.4 is 14.9 Å². The number of aromatic nitrogens is 6. The Labute approximate surface area is 206 Å². The molecule has 5 aromatic rings. The van der Waals surface area contributed by atoms with Crippen LogP contribution >= 0.6 is 11.3 Å². The van der Waals surface area contributed by atoms with Crippen LogP contribution in [0.3, 0.4) is 0 Å². The minimum absolute atomic E-state index is 0.163. The molecule has 11 nitrogen and oxygen atoms in total. The molecule has 1 saturated heterocycles. The zero-order valence-corrected chi connectivity index (χ0v) is 19.7. The van der Waals surface area contributed by atoms with Gasteiger partial charge in [0.05, 0.1) is 24.3 Å². The molecule has 0 bridgehead atoms. The van der Waals surface area contributed by atoms with Gasteiger partial charge in [-0.1, -0.05) is 0 Å². The van der Waals surface area contributed by atoms with Crippen molar-refractivity contribution in [2.75, 3.05) is 18.5 Å². The number of hydrogen-bond donors (Lipinski definition) is 1. The zero-order valence-electron chi connectivity index (χ0n) is 18.8. The lowest BCUT2D eigenvalue weighted by Crippen LogP contribution is -2.21. The van der Waals surface area contributed by atoms with Gasteiger partial charge in [-0.05, 0) is 46.8 Å². The lowest BCUT2D eigenvalue weighted by Gasteiger charge is -2.17. The van der Waals surface area contributed by atoms with E-state index in [0.717, 1.165) is 22.6 Å². The van der Waals surface area contributed by atoms with Crippen LogP contribution in [0.25, 0.3) is 21.4 Å². The normalized spacial score (nSPS) is 15.4. The minimum atomic E-state index is -0.633. The molecule has 1 N–H and O–H groups in total. The number of halogens is 1. The summed E-state index contributed by atoms with van der Waals surface area (Å²) in [7, 11) is 0. The van der Waals surface area contributed by atoms with E-state index in [1.165, 1.54) is 18.5 Å². The van der Waals surface area contributed by atoms with Crippen molar-refractivity contribution in [2.45, 2.75) is 19.4 Å². The van der Waals surface area contributed by atoms with Crippen molar-refractivity contribution in [3.05, 3.63) is 59.1 Å². The Morgan fingerprint density at radius 2 is 2.19 bits per heavy atom. The number of hydrogen-bond acceptors (Lipinski definition) is 11. The SMILES string of the molecule is Cc1c(C(=O)On2nnc3cccnc32)sc2ncnc(Nc3ccc(F)cc3O[C@@H]3CCOC3)c12. The number of anilines is 2. The van der Waals surface area contributed by atoms with Crippen molar-refractivity contribution in [1.82, 2.24) is 30.1 Å². The maximum Gasteiger partial charge on any atom is 0.376 e. The van der Waals surface area contributed by atoms with E-state index in [1.807, 2.05) is 0 Å². The Bertz CT molecular complexity index is 1600. The molecule has 1 aliphatic rings. The van der Waals surface area contributed by atoms with E-state index in [0.29, 0.717) is 62.3 Å². The van der Waals surface area contributed by atoms with Gasteiger partial charge in [-0.15, -0.1) is 16.4 Å². The van der Waals surface area contributed by atoms with Crippen LogP contribution in [0.4, 0.5) is 15.9 Å². The number of fused-ring (bicyclic) bond motifs is 2. The van der Waals surface area contributed by atoms with Crippen molar-refractivity contribution in [2.24, 2.45) is 0 Å². The van der Waals surface area contributed by atoms with Gasteiger partial charge in [0, 0.05) is 18.7 Å². The highest BCUT2D eigenvalue weighted by Crippen LogP contribution is 2.37. The van der Waals surface area contributed by atoms with Crippen LogP contribution in [0.5, 0.6) is 5.75 Å². The van der Waals surface area contributed by atoms with E-state index in [2.05, 4.69) is 30.6 Å². The van der Waals surface area contributed by atoms with E-state index in [9.17, 15) is 9.18 Å². The highest BCUT2D eigenvalue weighted by molar-refractivity contribution is 7.20. The Kier molecular flexibility index (Phi) is 5.62. The summed E-state index contributed by atoms with van der Waals surface area (Å²) in [6.07, 6.45) is 3.50. The van der Waals surface area contributed by atoms with Crippen LogP contribution in [0, 0.1) is 12.7 Å². The van der Waals surface area contributed by atoms with Crippen LogP contribution in [-0.2, 0) is 4.74 Å². The number of carbonyl (C=O) groups is 1. The first-order chi connectivity index (χ1) is 17.6. The molecule has 1 fully saturated rings. The van der Waals surface area contributed by atoms with Crippen molar-refractivity contribution in [1.29, 1.82) is 0 Å². The molecule has 1 atom stereocenters. The third-order valence-electron chi connectivity index (χ3n) is 5.64. The van der Waals surface area contributed by atoms with Crippen molar-refractivity contribution < 1.29 is 23.5 Å². The maximum atomic E-state index is 14.0. The molecule has 0 unspecified atom stereocenters. The first-order valence-electron chi connectivity index (χ1n) is 11.0. The number of nitrogens with zero attached hydrogens (tertiary/aromatic N) is 6. The molecular formula is C23H18FN7O4S. The molecule has 0 amide bonds. The van der Waals surface area contributed by atoms with Crippen molar-refractivity contribution in [3.8, 4) is 5.75 Å². The van der Waals surface area contributed by atoms with Gasteiger partial charge in [0.25, 0.3) is 0 Å². The molecular weight excluding hydrogens is 489 g/mol. The summed E-state index contributed by atoms with van der Waals surface area (Å²) >= 11 is 1.16. The Balaban J connectivity index is 1.32. The second-order valence-electron chi connectivity index (χ2n) is 8.01. The molecule has 0 saturated carbocycles. The molecule has 1 aliphatic heterocycles. The van der Waals surface area contributed by atoms with Crippen LogP contribution in [0.1, 0.15) is 21.7 Å². The van der Waals surface area contributed by atoms with Crippen LogP contribution in [0.2, 0.25) is 0 Å². The average Bonchev–Trinajstić information content (AvgIpc) is 3.61. The number of ether oxygens (including phenoxy) is 2. The smallest absolute Gasteiger partial charge is 0.376 e. The number of pyridine rings is 1. The summed E-state index contributed by atoms with van der Waals surface area (Å²) in [6, 6.07) is 7.65. The number of aryl methyl sites for hydroxylation is 1. The predicted molar refractivity (Wildman–Crippen MR) is 128 cm³/mol. The summed E-state index contributed by atoms with van der Waals surface area (Å²) < 4.78 is 25.3. The molecule has 0 aliphatic carbocycles. The lowest BCUT2D eigenvalue weighted by molar-refractivity contribution is 0.0410. The van der Waals surface area contributed by atoms with Crippen molar-refractivity contribution in [3.63, 3.8) is 0 Å². The summed E-state index contributed by atoms with van der Waals surface area (Å²) in [4.78, 5) is 33.2. The van der Waals surface area contributed by atoms with Gasteiger partial charge in [0.1, 0.15) is 45.0 Å². The Morgan fingerprint density at radius 3 is 3.06 bits per heavy atom. The van der Waals surface area contributed by atoms with Gasteiger partial charge in [0.2, 0.25) is 5.65 Å². The first kappa shape index (κ1) is 22.2. The molecule has 0 spiro atoms. The standard InChI is InChI=1S/C23H18FN7O4S/c1-12-18-20(28-15-5-4-13(24)9-17(15)34-14-6-8-33-10-14)26-11-27-22(18)36-19(12)23(32)35-31-21-16(29-30-31)3-2-7-25-21/h2-5,7,9,11,14H,6,8,10H2,1H3,(H,26,27,28)/t14-/m1/s1. The summed E-state index contributed by atoms with van der Waals surface area (Å²) in [5.74, 6) is -0.268. The Morgan fingerprint density at radius 1 is 1.28 bits per heavy atom. The largest absolute Gasteiger partial charge is 0.486 e. The lowest BCUT2D eigenvalue weighted by atomic mass is 10.2. The number of benzene rings is 1. The van der Waals surface area contributed by atoms with Gasteiger partial charge in [-0.3, -0.25) is 0 Å². The van der Waals surface area contributed by atoms with E-state index in [-0.39, 0.29) is 6.10 Å². The highest BCUT2D eigenvalue weighted by Gasteiger charge is 2.24. The molecule has 13 heteroatoms. The van der Waals surface area contributed by atoms with E-state index in [4.69, 9.17) is 14.3 Å². The summed E-state index contributed by atoms with van der Waals surface area (Å²) in [5, 5.41) is 11.6. The first-order valence-corrected chi connectivity index (χ1v) is 11.8. The van der Waals surface area contributed by atoms with Crippen molar-refractivity contribution >= 4 is 50.2 Å². The maximum absolute atomic E-state index is 14.0. The van der Waals surface area contributed by atoms with Gasteiger partial charge >= 0.3 is 5.97 Å². The second-order valence-corrected chi connectivity index (χ2v) is 9.01. The number of carbonyl (C=O) groups excluding carboxylic acids is 1. The molecule has 1 aromatic carbocycles. The molecule has 4 aromatic heterocycles. The predicted octanol–water partition coefficient (Wildman–Crippen LogP) is 3.46. The van der Waals surface area contributed by atoms with E-state index < -0.39 is 11.8 Å². The Hall–Kier alpha value is -4.23. The average molecular weight is 508 g/mol. The molecule has 5 heterocycles. The molecule has 182 valence electrons. The summed E-state index contributed by atoms with van der Waals surface area (Å²) in [5.41, 5.74) is 1.97. The minimum Gasteiger partial charge on any atom is -0.486 e. The van der Waals surface area contributed by atoms with E-state index in [1.54, 1.807) is 31.3 Å². The molecule has 6 rings (SSSR count). The second kappa shape index (κ2) is 9.09. The van der Waals surface area contributed by atoms with Gasteiger partial charge in [-0.25, -0.2) is 24.1 Å². The third kappa shape index (κ3) is 4.07. The quantitative estimate of drug-likeness (QED) is 0.342. The van der Waals surface area contributed by atoms with Gasteiger partial charge < -0.3 is 19.6 Å². The fourth-order valence-corrected chi connectivity index (χ4v) is 4.92. The van der Waals surface area contributed by atoms with Crippen LogP contribution in [0.15, 0.2) is 42.9 Å². The highest BCUT2D eigenvalue weighted by atomic mass is 32.1. The zero-order chi connectivity index (χ0) is 24.6. The number of rotatable bonds is 6. The van der Waals surface area contributed by atoms with Crippen LogP contribution in [-0.4, -0.2) is 55.4 Å². The number of nitrogens with one attached hydrogen (secondary N) is 1.